The predicted molar refractivity (Wildman–Crippen MR) is 148 cm³/mol. The topological polar surface area (TPSA) is 54.6 Å². The van der Waals surface area contributed by atoms with Crippen LogP contribution in [0, 0.1) is 0 Å². The van der Waals surface area contributed by atoms with Crippen molar-refractivity contribution in [3.8, 4) is 17.1 Å². The van der Waals surface area contributed by atoms with Crippen molar-refractivity contribution in [3.63, 3.8) is 0 Å². The minimum atomic E-state index is 0.0119. The Morgan fingerprint density at radius 2 is 1.39 bits per heavy atom. The average Bonchev–Trinajstić information content (AvgIpc) is 3.18. The van der Waals surface area contributed by atoms with E-state index < -0.39 is 0 Å². The van der Waals surface area contributed by atoms with Gasteiger partial charge in [0.1, 0.15) is 0 Å². The lowest BCUT2D eigenvalue weighted by Crippen LogP contribution is -2.07. The highest BCUT2D eigenvalue weighted by Gasteiger charge is 2.27. The molecule has 4 nitrogen and oxygen atoms in total. The standard InChI is InChI=1S/C32H24N2O2/c1-33-30(27-18-21-11-4-6-14-23(21)24-15-7-8-16-25(24)27)29-28(19-35)31(34(2)32(29)36)26-17-9-12-20-10-3-5-13-22(20)26/h3-19,36H,1-2H3. The summed E-state index contributed by atoms with van der Waals surface area (Å²) in [6.45, 7) is 0. The highest BCUT2D eigenvalue weighted by atomic mass is 16.3. The van der Waals surface area contributed by atoms with Crippen molar-refractivity contribution in [1.29, 1.82) is 0 Å². The van der Waals surface area contributed by atoms with Crippen molar-refractivity contribution >= 4 is 44.3 Å². The van der Waals surface area contributed by atoms with Crippen LogP contribution >= 0.6 is 0 Å². The van der Waals surface area contributed by atoms with Crippen LogP contribution in [0.3, 0.4) is 0 Å². The van der Waals surface area contributed by atoms with Gasteiger partial charge in [-0.2, -0.15) is 0 Å². The first-order chi connectivity index (χ1) is 17.6. The molecule has 1 N–H and O–H groups in total. The van der Waals surface area contributed by atoms with E-state index >= 15 is 0 Å². The van der Waals surface area contributed by atoms with Gasteiger partial charge in [0.25, 0.3) is 0 Å². The van der Waals surface area contributed by atoms with E-state index in [0.29, 0.717) is 22.5 Å². The Bertz CT molecular complexity index is 1840. The number of carbonyl (C=O) groups is 1. The number of fused-ring (bicyclic) bond motifs is 4. The molecule has 1 aromatic heterocycles. The molecule has 0 spiro atoms. The van der Waals surface area contributed by atoms with E-state index in [0.717, 1.165) is 49.7 Å². The molecule has 6 rings (SSSR count). The summed E-state index contributed by atoms with van der Waals surface area (Å²) in [5.41, 5.74) is 3.88. The lowest BCUT2D eigenvalue weighted by Gasteiger charge is -2.13. The molecule has 36 heavy (non-hydrogen) atoms. The van der Waals surface area contributed by atoms with Gasteiger partial charge in [-0.05, 0) is 38.4 Å². The number of aliphatic imine (C=N–C) groups is 1. The SMILES string of the molecule is CN=C(c1c(C=O)c(-c2cccc3ccccc23)n(C)c1O)c1cc2ccccc2c2ccccc12. The summed E-state index contributed by atoms with van der Waals surface area (Å²) >= 11 is 0. The second-order valence-corrected chi connectivity index (χ2v) is 8.93. The fraction of sp³-hybridized carbons (Fsp3) is 0.0625. The summed E-state index contributed by atoms with van der Waals surface area (Å²) < 4.78 is 1.69. The van der Waals surface area contributed by atoms with Gasteiger partial charge in [-0.3, -0.25) is 9.79 Å². The first-order valence-electron chi connectivity index (χ1n) is 11.9. The number of carbonyl (C=O) groups excluding carboxylic acids is 1. The third kappa shape index (κ3) is 3.15. The van der Waals surface area contributed by atoms with Crippen LogP contribution in [0.4, 0.5) is 0 Å². The van der Waals surface area contributed by atoms with Crippen LogP contribution in [-0.2, 0) is 7.05 Å². The fourth-order valence-corrected chi connectivity index (χ4v) is 5.42. The molecule has 0 bridgehead atoms. The second-order valence-electron chi connectivity index (χ2n) is 8.93. The van der Waals surface area contributed by atoms with Crippen LogP contribution in [0.25, 0.3) is 43.6 Å². The van der Waals surface area contributed by atoms with Gasteiger partial charge in [-0.25, -0.2) is 0 Å². The minimum Gasteiger partial charge on any atom is -0.494 e. The molecule has 0 unspecified atom stereocenters. The van der Waals surface area contributed by atoms with E-state index in [-0.39, 0.29) is 5.88 Å². The van der Waals surface area contributed by atoms with Crippen molar-refractivity contribution in [1.82, 2.24) is 4.57 Å². The number of hydrogen-bond acceptors (Lipinski definition) is 3. The molecule has 0 atom stereocenters. The van der Waals surface area contributed by atoms with E-state index in [4.69, 9.17) is 0 Å². The summed E-state index contributed by atoms with van der Waals surface area (Å²) in [4.78, 5) is 17.3. The monoisotopic (exact) mass is 468 g/mol. The Labute approximate surface area is 208 Å². The highest BCUT2D eigenvalue weighted by Crippen LogP contribution is 2.40. The summed E-state index contributed by atoms with van der Waals surface area (Å²) in [7, 11) is 3.49. The van der Waals surface area contributed by atoms with Crippen LogP contribution in [0.1, 0.15) is 21.5 Å². The van der Waals surface area contributed by atoms with Crippen LogP contribution < -0.4 is 0 Å². The van der Waals surface area contributed by atoms with Crippen molar-refractivity contribution in [3.05, 3.63) is 114 Å². The van der Waals surface area contributed by atoms with Crippen LogP contribution in [-0.4, -0.2) is 28.7 Å². The fourth-order valence-electron chi connectivity index (χ4n) is 5.42. The molecule has 4 heteroatoms. The van der Waals surface area contributed by atoms with Gasteiger partial charge in [0, 0.05) is 25.2 Å². The van der Waals surface area contributed by atoms with E-state index in [1.54, 1.807) is 18.7 Å². The number of rotatable bonds is 4. The van der Waals surface area contributed by atoms with Gasteiger partial charge in [0.15, 0.2) is 6.29 Å². The van der Waals surface area contributed by atoms with Gasteiger partial charge in [-0.1, -0.05) is 91.0 Å². The lowest BCUT2D eigenvalue weighted by molar-refractivity contribution is 0.112. The Balaban J connectivity index is 1.68. The molecule has 0 aliphatic carbocycles. The van der Waals surface area contributed by atoms with Crippen molar-refractivity contribution in [2.45, 2.75) is 0 Å². The van der Waals surface area contributed by atoms with E-state index in [2.05, 4.69) is 35.3 Å². The summed E-state index contributed by atoms with van der Waals surface area (Å²) in [5, 5.41) is 17.9. The first-order valence-corrected chi connectivity index (χ1v) is 11.9. The molecule has 0 amide bonds. The second kappa shape index (κ2) is 8.51. The van der Waals surface area contributed by atoms with Crippen LogP contribution in [0.15, 0.2) is 102 Å². The van der Waals surface area contributed by atoms with Gasteiger partial charge >= 0.3 is 0 Å². The van der Waals surface area contributed by atoms with E-state index in [1.807, 2.05) is 66.7 Å². The molecule has 0 saturated heterocycles. The lowest BCUT2D eigenvalue weighted by atomic mass is 9.91. The predicted octanol–water partition coefficient (Wildman–Crippen LogP) is 7.14. The smallest absolute Gasteiger partial charge is 0.201 e. The third-order valence-electron chi connectivity index (χ3n) is 7.05. The van der Waals surface area contributed by atoms with Crippen LogP contribution in [0.2, 0.25) is 0 Å². The molecule has 0 radical (unpaired) electrons. The third-order valence-corrected chi connectivity index (χ3v) is 7.05. The molecule has 0 aliphatic heterocycles. The zero-order chi connectivity index (χ0) is 24.8. The maximum absolute atomic E-state index is 12.7. The van der Waals surface area contributed by atoms with Crippen molar-refractivity contribution < 1.29 is 9.90 Å². The van der Waals surface area contributed by atoms with Crippen molar-refractivity contribution in [2.24, 2.45) is 12.0 Å². The Kier molecular flexibility index (Phi) is 5.15. The normalized spacial score (nSPS) is 12.0. The molecule has 1 heterocycles. The number of hydrogen-bond donors (Lipinski definition) is 1. The summed E-state index contributed by atoms with van der Waals surface area (Å²) in [5.74, 6) is 0.0119. The van der Waals surface area contributed by atoms with E-state index in [1.165, 1.54) is 0 Å². The van der Waals surface area contributed by atoms with Gasteiger partial charge in [0.2, 0.25) is 5.88 Å². The maximum Gasteiger partial charge on any atom is 0.201 e. The molecular weight excluding hydrogens is 444 g/mol. The maximum atomic E-state index is 12.7. The Hall–Kier alpha value is -4.70. The molecule has 0 aliphatic rings. The largest absolute Gasteiger partial charge is 0.494 e. The van der Waals surface area contributed by atoms with Crippen molar-refractivity contribution in [2.75, 3.05) is 7.05 Å². The Morgan fingerprint density at radius 3 is 2.11 bits per heavy atom. The summed E-state index contributed by atoms with van der Waals surface area (Å²) in [6.07, 6.45) is 0.834. The quantitative estimate of drug-likeness (QED) is 0.170. The minimum absolute atomic E-state index is 0.0119. The molecule has 174 valence electrons. The molecule has 6 aromatic rings. The Morgan fingerprint density at radius 1 is 0.778 bits per heavy atom. The van der Waals surface area contributed by atoms with Gasteiger partial charge in [-0.15, -0.1) is 0 Å². The zero-order valence-corrected chi connectivity index (χ0v) is 20.1. The molecular formula is C32H24N2O2. The average molecular weight is 469 g/mol. The highest BCUT2D eigenvalue weighted by molar-refractivity contribution is 6.27. The number of aromatic hydroxyl groups is 1. The number of aromatic nitrogens is 1. The van der Waals surface area contributed by atoms with Gasteiger partial charge in [0.05, 0.1) is 22.5 Å². The van der Waals surface area contributed by atoms with Crippen LogP contribution in [0.5, 0.6) is 5.88 Å². The number of benzene rings is 5. The zero-order valence-electron chi connectivity index (χ0n) is 20.1. The number of nitrogens with zero attached hydrogens (tertiary/aromatic N) is 2. The molecule has 0 saturated carbocycles. The molecule has 0 fully saturated rings. The first kappa shape index (κ1) is 21.8. The van der Waals surface area contributed by atoms with E-state index in [9.17, 15) is 9.90 Å². The van der Waals surface area contributed by atoms with Gasteiger partial charge < -0.3 is 9.67 Å². The summed E-state index contributed by atoms with van der Waals surface area (Å²) in [6, 6.07) is 32.6. The molecule has 5 aromatic carbocycles. The number of aldehydes is 1.